The molecule has 1 atom stereocenters. The summed E-state index contributed by atoms with van der Waals surface area (Å²) in [6.45, 7) is -0.0891. The molecule has 56 heavy (non-hydrogen) atoms. The highest BCUT2D eigenvalue weighted by atomic mass is 32.2. The smallest absolute Gasteiger partial charge is 0.336 e. The second-order valence-corrected chi connectivity index (χ2v) is 19.0. The number of nitrogens with one attached hydrogen (secondary N) is 1. The molecule has 2 aromatic carbocycles. The summed E-state index contributed by atoms with van der Waals surface area (Å²) in [6.07, 6.45) is -0.507. The Balaban J connectivity index is 2.02. The van der Waals surface area contributed by atoms with Gasteiger partial charge < -0.3 is 24.7 Å². The molecule has 1 aliphatic carbocycles. The molecule has 0 radical (unpaired) electrons. The van der Waals surface area contributed by atoms with Gasteiger partial charge in [-0.15, -0.1) is 0 Å². The summed E-state index contributed by atoms with van der Waals surface area (Å²) in [4.78, 5) is 24.4. The van der Waals surface area contributed by atoms with Crippen LogP contribution in [0.4, 0.5) is 0 Å². The molecular formula is C33H38N2O17S4. The molecule has 0 saturated carbocycles. The fraction of sp³-hybridized carbons (Fsp3) is 0.364. The Morgan fingerprint density at radius 1 is 0.714 bits per heavy atom. The van der Waals surface area contributed by atoms with Crippen LogP contribution in [0.25, 0.3) is 33.4 Å². The summed E-state index contributed by atoms with van der Waals surface area (Å²) >= 11 is 0. The van der Waals surface area contributed by atoms with Crippen molar-refractivity contribution in [2.45, 2.75) is 31.7 Å². The van der Waals surface area contributed by atoms with E-state index in [-0.39, 0.29) is 89.9 Å². The van der Waals surface area contributed by atoms with Crippen LogP contribution in [0.5, 0.6) is 0 Å². The third-order valence-electron chi connectivity index (χ3n) is 8.55. The predicted molar refractivity (Wildman–Crippen MR) is 199 cm³/mol. The maximum absolute atomic E-state index is 12.5. The lowest BCUT2D eigenvalue weighted by Crippen LogP contribution is -2.33. The van der Waals surface area contributed by atoms with E-state index in [1.807, 2.05) is 0 Å². The average Bonchev–Trinajstić information content (AvgIpc) is 3.06. The summed E-state index contributed by atoms with van der Waals surface area (Å²) in [5.41, 5.74) is 0.128. The van der Waals surface area contributed by atoms with Gasteiger partial charge in [0, 0.05) is 41.5 Å². The van der Waals surface area contributed by atoms with E-state index in [1.54, 1.807) is 4.58 Å². The molecule has 1 unspecified atom stereocenters. The minimum absolute atomic E-state index is 0.0274. The molecule has 0 fully saturated rings. The summed E-state index contributed by atoms with van der Waals surface area (Å²) in [6, 6.07) is 11.4. The zero-order valence-electron chi connectivity index (χ0n) is 29.3. The van der Waals surface area contributed by atoms with Gasteiger partial charge in [-0.25, -0.2) is 9.37 Å². The van der Waals surface area contributed by atoms with Gasteiger partial charge in [0.1, 0.15) is 24.4 Å². The number of nitrogens with zero attached hydrogens (tertiary/aromatic N) is 1. The minimum Gasteiger partial charge on any atom is -0.545 e. The van der Waals surface area contributed by atoms with Gasteiger partial charge in [0.15, 0.2) is 0 Å². The third-order valence-corrected chi connectivity index (χ3v) is 11.7. The van der Waals surface area contributed by atoms with Gasteiger partial charge in [-0.05, 0) is 60.3 Å². The molecule has 1 heterocycles. The number of aromatic carboxylic acids is 2. The van der Waals surface area contributed by atoms with Gasteiger partial charge in [-0.1, -0.05) is 18.2 Å². The summed E-state index contributed by atoms with van der Waals surface area (Å²) in [7, 11) is -17.5. The fourth-order valence-electron chi connectivity index (χ4n) is 6.09. The molecule has 2 aromatic rings. The van der Waals surface area contributed by atoms with Crippen LogP contribution in [-0.2, 0) is 40.5 Å². The minimum atomic E-state index is -4.47. The topological polar surface area (TPSA) is 323 Å². The number of hydrogen-bond acceptors (Lipinski definition) is 13. The van der Waals surface area contributed by atoms with Crippen molar-refractivity contribution in [1.29, 1.82) is 0 Å². The van der Waals surface area contributed by atoms with Gasteiger partial charge in [0.25, 0.3) is 40.5 Å². The van der Waals surface area contributed by atoms with Crippen molar-refractivity contribution in [1.82, 2.24) is 9.89 Å². The third kappa shape index (κ3) is 13.1. The van der Waals surface area contributed by atoms with E-state index in [2.05, 4.69) is 5.32 Å². The Hall–Kier alpha value is -4.33. The number of benzene rings is 3. The quantitative estimate of drug-likeness (QED) is 0.0309. The maximum atomic E-state index is 12.5. The van der Waals surface area contributed by atoms with Crippen LogP contribution in [0.2, 0.25) is 0 Å². The van der Waals surface area contributed by atoms with Crippen LogP contribution in [0.15, 0.2) is 59.0 Å². The Morgan fingerprint density at radius 3 is 1.86 bits per heavy atom. The van der Waals surface area contributed by atoms with Gasteiger partial charge in [0.2, 0.25) is 5.36 Å². The average molecular weight is 863 g/mol. The first-order chi connectivity index (χ1) is 25.9. The van der Waals surface area contributed by atoms with E-state index in [1.165, 1.54) is 36.4 Å². The SMILES string of the molecule is O=C([O-])c1ccc(C(=O)O)c(-c2c3ccc(=[N+](CCCS(=O)(=O)O)CCCS(=O)(=O)O)cc-3oc3cc(C(CCS(=O)(=O)O)NCCCS(=O)(=O)O)ccc23)c1. The summed E-state index contributed by atoms with van der Waals surface area (Å²) in [5.74, 6) is -5.54. The van der Waals surface area contributed by atoms with Gasteiger partial charge in [-0.2, -0.15) is 33.7 Å². The molecule has 306 valence electrons. The lowest BCUT2D eigenvalue weighted by Gasteiger charge is -2.21. The number of carbonyl (C=O) groups excluding carboxylic acids is 1. The molecule has 0 bridgehead atoms. The molecule has 6 N–H and O–H groups in total. The van der Waals surface area contributed by atoms with Crippen molar-refractivity contribution in [3.63, 3.8) is 0 Å². The molecule has 0 spiro atoms. The molecule has 1 aliphatic heterocycles. The van der Waals surface area contributed by atoms with Crippen LogP contribution in [0.3, 0.4) is 0 Å². The summed E-state index contributed by atoms with van der Waals surface area (Å²) in [5, 5.41) is 25.6. The predicted octanol–water partition coefficient (Wildman–Crippen LogP) is 0.781. The van der Waals surface area contributed by atoms with E-state index in [0.29, 0.717) is 10.9 Å². The number of rotatable bonds is 20. The van der Waals surface area contributed by atoms with E-state index in [9.17, 15) is 67.1 Å². The first kappa shape index (κ1) is 44.4. The van der Waals surface area contributed by atoms with Crippen molar-refractivity contribution in [3.05, 3.63) is 76.6 Å². The zero-order valence-corrected chi connectivity index (χ0v) is 32.5. The van der Waals surface area contributed by atoms with E-state index >= 15 is 0 Å². The number of hydrogen-bond donors (Lipinski definition) is 6. The Morgan fingerprint density at radius 2 is 1.30 bits per heavy atom. The van der Waals surface area contributed by atoms with Crippen molar-refractivity contribution >= 4 is 63.4 Å². The number of carbonyl (C=O) groups is 2. The highest BCUT2D eigenvalue weighted by Crippen LogP contribution is 2.42. The van der Waals surface area contributed by atoms with Gasteiger partial charge in [0.05, 0.1) is 40.6 Å². The number of fused-ring (bicyclic) bond motifs is 2. The Kier molecular flexibility index (Phi) is 14.2. The molecule has 23 heteroatoms. The number of carboxylic acid groups (broad SMARTS) is 2. The van der Waals surface area contributed by atoms with Gasteiger partial charge >= 0.3 is 5.97 Å². The highest BCUT2D eigenvalue weighted by Gasteiger charge is 2.25. The second-order valence-electron chi connectivity index (χ2n) is 12.8. The molecule has 4 rings (SSSR count). The standard InChI is InChI=1S/C33H38N2O17S4/c36-32(37)22-5-7-24(33(38)39)27(18-22)31-25-8-4-21(28(10-17-56(49,50)51)34-11-1-14-53(40,41)42)19-29(25)52-30-20-23(6-9-26(30)31)35(12-2-15-54(43,44)45)13-3-16-55(46,47)48/h4-9,18-20,28,34H,1-3,10-17H2,(H5-,36,37,38,39,40,41,42,43,44,45,46,47,48,49,50,51). The van der Waals surface area contributed by atoms with Crippen molar-refractivity contribution in [3.8, 4) is 22.5 Å². The van der Waals surface area contributed by atoms with Crippen molar-refractivity contribution < 1.29 is 76.1 Å². The molecule has 0 saturated heterocycles. The lowest BCUT2D eigenvalue weighted by molar-refractivity contribution is -0.255. The number of carboxylic acids is 2. The van der Waals surface area contributed by atoms with E-state index in [4.69, 9.17) is 8.97 Å². The second kappa shape index (κ2) is 17.9. The maximum Gasteiger partial charge on any atom is 0.336 e. The van der Waals surface area contributed by atoms with Crippen LogP contribution in [0, 0.1) is 0 Å². The fourth-order valence-corrected chi connectivity index (χ4v) is 8.12. The van der Waals surface area contributed by atoms with Crippen LogP contribution >= 0.6 is 0 Å². The normalized spacial score (nSPS) is 13.2. The summed E-state index contributed by atoms with van der Waals surface area (Å²) < 4.78 is 137. The monoisotopic (exact) mass is 862 g/mol. The Labute approximate surface area is 321 Å². The zero-order chi connectivity index (χ0) is 41.6. The molecular weight excluding hydrogens is 825 g/mol. The first-order valence-corrected chi connectivity index (χ1v) is 23.1. The van der Waals surface area contributed by atoms with Gasteiger partial charge in [-0.3, -0.25) is 18.2 Å². The van der Waals surface area contributed by atoms with Crippen molar-refractivity contribution in [2.75, 3.05) is 42.6 Å². The highest BCUT2D eigenvalue weighted by molar-refractivity contribution is 7.86. The van der Waals surface area contributed by atoms with Crippen LogP contribution < -0.4 is 20.4 Å². The van der Waals surface area contributed by atoms with Crippen LogP contribution in [0.1, 0.15) is 58.0 Å². The largest absolute Gasteiger partial charge is 0.545 e. The Bertz CT molecular complexity index is 2580. The van der Waals surface area contributed by atoms with Crippen molar-refractivity contribution in [2.24, 2.45) is 0 Å². The van der Waals surface area contributed by atoms with Crippen LogP contribution in [-0.4, -0.2) is 112 Å². The lowest BCUT2D eigenvalue weighted by atomic mass is 9.89. The molecule has 19 nitrogen and oxygen atoms in total. The van der Waals surface area contributed by atoms with E-state index in [0.717, 1.165) is 18.2 Å². The molecule has 0 amide bonds. The first-order valence-electron chi connectivity index (χ1n) is 16.6. The van der Waals surface area contributed by atoms with E-state index < -0.39 is 81.5 Å². The molecule has 2 aliphatic rings. The molecule has 0 aromatic heterocycles.